The number of methoxy groups -OCH3 is 1. The van der Waals surface area contributed by atoms with E-state index in [0.717, 1.165) is 51.4 Å². The van der Waals surface area contributed by atoms with E-state index in [1.54, 1.807) is 12.1 Å². The Kier molecular flexibility index (Phi) is 14.1. The van der Waals surface area contributed by atoms with Crippen molar-refractivity contribution in [3.05, 3.63) is 29.8 Å². The maximum Gasteiger partial charge on any atom is 0.325 e. The van der Waals surface area contributed by atoms with Crippen LogP contribution in [0.25, 0.3) is 0 Å². The first-order chi connectivity index (χ1) is 17.0. The molecule has 1 aliphatic heterocycles. The molecule has 35 heavy (non-hydrogen) atoms. The molecule has 2 rings (SSSR count). The molecule has 200 valence electrons. The largest absolute Gasteiger partial charge is 0.508 e. The number of phenolic OH excluding ortho intramolecular Hbond substituents is 1. The van der Waals surface area contributed by atoms with Crippen LogP contribution in [0.4, 0.5) is 0 Å². The minimum absolute atomic E-state index is 0.0876. The summed E-state index contributed by atoms with van der Waals surface area (Å²) in [6.45, 7) is 10.4. The Bertz CT molecular complexity index is 710. The van der Waals surface area contributed by atoms with Crippen LogP contribution in [0.5, 0.6) is 5.75 Å². The van der Waals surface area contributed by atoms with Gasteiger partial charge < -0.3 is 14.7 Å². The molecule has 1 unspecified atom stereocenters. The number of hydrogen-bond acceptors (Lipinski definition) is 11. The van der Waals surface area contributed by atoms with Gasteiger partial charge in [-0.05, 0) is 24.2 Å². The highest BCUT2D eigenvalue weighted by molar-refractivity contribution is 5.75. The van der Waals surface area contributed by atoms with Crippen LogP contribution in [0, 0.1) is 0 Å². The molecule has 0 spiro atoms. The van der Waals surface area contributed by atoms with E-state index in [0.29, 0.717) is 26.4 Å². The lowest BCUT2D eigenvalue weighted by Gasteiger charge is -2.35. The van der Waals surface area contributed by atoms with Crippen LogP contribution in [0.3, 0.4) is 0 Å². The summed E-state index contributed by atoms with van der Waals surface area (Å²) in [4.78, 5) is 41.6. The van der Waals surface area contributed by atoms with Crippen LogP contribution >= 0.6 is 0 Å². The molecule has 1 N–H and O–H groups in total. The molecule has 1 aliphatic rings. The number of hydrogen-bond donors (Lipinski definition) is 1. The predicted molar refractivity (Wildman–Crippen MR) is 130 cm³/mol. The highest BCUT2D eigenvalue weighted by Gasteiger charge is 2.29. The summed E-state index contributed by atoms with van der Waals surface area (Å²) >= 11 is 0. The Labute approximate surface area is 208 Å². The summed E-state index contributed by atoms with van der Waals surface area (Å²) in [6, 6.07) is 6.80. The second kappa shape index (κ2) is 16.8. The molecular weight excluding hydrogens is 456 g/mol. The van der Waals surface area contributed by atoms with Gasteiger partial charge in [0.15, 0.2) is 0 Å². The van der Waals surface area contributed by atoms with Crippen LogP contribution in [0.2, 0.25) is 0 Å². The fourth-order valence-electron chi connectivity index (χ4n) is 4.05. The normalized spacial score (nSPS) is 19.1. The van der Waals surface area contributed by atoms with E-state index in [2.05, 4.69) is 26.5 Å². The number of rotatable bonds is 11. The molecule has 0 aromatic heterocycles. The monoisotopic (exact) mass is 498 g/mol. The second-order valence-corrected chi connectivity index (χ2v) is 8.43. The molecule has 1 fully saturated rings. The van der Waals surface area contributed by atoms with E-state index in [4.69, 9.17) is 24.3 Å². The topological polar surface area (TPSA) is 96.4 Å². The number of carbonyl (C=O) groups excluding carboxylic acids is 1. The first kappa shape index (κ1) is 29.4. The third-order valence-electron chi connectivity index (χ3n) is 6.27. The Balaban J connectivity index is 2.16. The van der Waals surface area contributed by atoms with Gasteiger partial charge in [0.25, 0.3) is 0 Å². The van der Waals surface area contributed by atoms with E-state index in [-0.39, 0.29) is 18.3 Å². The van der Waals surface area contributed by atoms with Crippen LogP contribution in [-0.4, -0.2) is 130 Å². The predicted octanol–water partition coefficient (Wildman–Crippen LogP) is 0.789. The highest BCUT2D eigenvalue weighted by atomic mass is 17.2. The molecule has 1 aromatic carbocycles. The summed E-state index contributed by atoms with van der Waals surface area (Å²) in [5.41, 5.74) is 1.16. The lowest BCUT2D eigenvalue weighted by Crippen LogP contribution is -2.52. The Morgan fingerprint density at radius 1 is 0.857 bits per heavy atom. The minimum atomic E-state index is -0.571. The zero-order valence-electron chi connectivity index (χ0n) is 21.6. The van der Waals surface area contributed by atoms with Crippen molar-refractivity contribution in [1.82, 2.24) is 19.6 Å². The standard InChI is InChI=1S/C24H42N4O7/c1-5-25-10-11-26(18-21-6-8-22(29)9-7-21)12-13-27(20-35-33-4)15-17-28(16-14-25)23(19-34-32-3)24(30)31-2/h6-9,23,29H,5,10-20H2,1-4H3. The first-order valence-corrected chi connectivity index (χ1v) is 12.1. The van der Waals surface area contributed by atoms with E-state index >= 15 is 0 Å². The molecule has 0 saturated carbocycles. The molecule has 0 bridgehead atoms. The van der Waals surface area contributed by atoms with Gasteiger partial charge in [-0.3, -0.25) is 19.5 Å². The van der Waals surface area contributed by atoms with Crippen LogP contribution in [0.15, 0.2) is 24.3 Å². The number of benzene rings is 1. The van der Waals surface area contributed by atoms with Crippen molar-refractivity contribution in [2.24, 2.45) is 0 Å². The van der Waals surface area contributed by atoms with E-state index in [9.17, 15) is 9.90 Å². The fourth-order valence-corrected chi connectivity index (χ4v) is 4.05. The van der Waals surface area contributed by atoms with E-state index in [1.807, 2.05) is 12.1 Å². The zero-order chi connectivity index (χ0) is 25.5. The van der Waals surface area contributed by atoms with Crippen LogP contribution in [0.1, 0.15) is 12.5 Å². The summed E-state index contributed by atoms with van der Waals surface area (Å²) in [5, 5.41) is 9.61. The van der Waals surface area contributed by atoms with Crippen molar-refractivity contribution in [3.63, 3.8) is 0 Å². The highest BCUT2D eigenvalue weighted by Crippen LogP contribution is 2.13. The molecule has 11 heteroatoms. The summed E-state index contributed by atoms with van der Waals surface area (Å²) in [6.07, 6.45) is 0. The maximum absolute atomic E-state index is 12.5. The quantitative estimate of drug-likeness (QED) is 0.266. The van der Waals surface area contributed by atoms with Crippen LogP contribution < -0.4 is 0 Å². The molecule has 1 atom stereocenters. The summed E-state index contributed by atoms with van der Waals surface area (Å²) in [7, 11) is 4.31. The van der Waals surface area contributed by atoms with Crippen molar-refractivity contribution in [2.75, 3.05) is 93.6 Å². The van der Waals surface area contributed by atoms with Crippen molar-refractivity contribution >= 4 is 5.97 Å². The Morgan fingerprint density at radius 2 is 1.43 bits per heavy atom. The third kappa shape index (κ3) is 10.8. The van der Waals surface area contributed by atoms with Crippen molar-refractivity contribution in [3.8, 4) is 5.75 Å². The van der Waals surface area contributed by atoms with Gasteiger partial charge >= 0.3 is 5.97 Å². The lowest BCUT2D eigenvalue weighted by atomic mass is 10.2. The molecule has 1 saturated heterocycles. The molecule has 0 amide bonds. The minimum Gasteiger partial charge on any atom is -0.508 e. The van der Waals surface area contributed by atoms with Crippen molar-refractivity contribution in [2.45, 2.75) is 19.5 Å². The van der Waals surface area contributed by atoms with Gasteiger partial charge in [0.2, 0.25) is 0 Å². The SMILES string of the molecule is CCN1CCN(Cc2ccc(O)cc2)CCN(COOC)CCN(C(COOC)C(=O)OC)CC1. The van der Waals surface area contributed by atoms with Gasteiger partial charge in [-0.15, -0.1) is 0 Å². The van der Waals surface area contributed by atoms with Gasteiger partial charge in [0.1, 0.15) is 25.1 Å². The number of likely N-dealkylation sites (N-methyl/N-ethyl adjacent to an activating group) is 1. The smallest absolute Gasteiger partial charge is 0.325 e. The number of phenols is 1. The molecule has 0 aliphatic carbocycles. The molecule has 11 nitrogen and oxygen atoms in total. The van der Waals surface area contributed by atoms with Crippen LogP contribution in [-0.2, 0) is 35.6 Å². The number of esters is 1. The van der Waals surface area contributed by atoms with Gasteiger partial charge in [-0.1, -0.05) is 19.1 Å². The Hall–Kier alpha value is -1.83. The molecular formula is C24H42N4O7. The number of aromatic hydroxyl groups is 1. The first-order valence-electron chi connectivity index (χ1n) is 12.1. The number of nitrogens with zero attached hydrogens (tertiary/aromatic N) is 4. The fraction of sp³-hybridized carbons (Fsp3) is 0.708. The summed E-state index contributed by atoms with van der Waals surface area (Å²) < 4.78 is 5.05. The number of carbonyl (C=O) groups is 1. The van der Waals surface area contributed by atoms with E-state index in [1.165, 1.54) is 21.3 Å². The molecule has 0 radical (unpaired) electrons. The van der Waals surface area contributed by atoms with Gasteiger partial charge in [0.05, 0.1) is 21.3 Å². The lowest BCUT2D eigenvalue weighted by molar-refractivity contribution is -0.296. The van der Waals surface area contributed by atoms with Crippen molar-refractivity contribution in [1.29, 1.82) is 0 Å². The Morgan fingerprint density at radius 3 is 2.03 bits per heavy atom. The average Bonchev–Trinajstić information content (AvgIpc) is 2.87. The van der Waals surface area contributed by atoms with Gasteiger partial charge in [-0.2, -0.15) is 0 Å². The van der Waals surface area contributed by atoms with Crippen molar-refractivity contribution < 1.29 is 34.2 Å². The second-order valence-electron chi connectivity index (χ2n) is 8.43. The van der Waals surface area contributed by atoms with E-state index < -0.39 is 6.04 Å². The average molecular weight is 499 g/mol. The zero-order valence-corrected chi connectivity index (χ0v) is 21.6. The molecule has 1 heterocycles. The van der Waals surface area contributed by atoms with Gasteiger partial charge in [-0.25, -0.2) is 19.6 Å². The molecule has 1 aromatic rings. The summed E-state index contributed by atoms with van der Waals surface area (Å²) in [5.74, 6) is -0.0786. The number of ether oxygens (including phenoxy) is 1. The maximum atomic E-state index is 12.5. The van der Waals surface area contributed by atoms with Gasteiger partial charge in [0, 0.05) is 58.9 Å². The third-order valence-corrected chi connectivity index (χ3v) is 6.27.